The first kappa shape index (κ1) is 10.3. The van der Waals surface area contributed by atoms with Gasteiger partial charge in [-0.1, -0.05) is 0 Å². The molecule has 1 heterocycles. The Morgan fingerprint density at radius 3 is 2.47 bits per heavy atom. The first-order valence-electron chi connectivity index (χ1n) is 3.98. The van der Waals surface area contributed by atoms with Crippen molar-refractivity contribution in [2.75, 3.05) is 0 Å². The molecule has 0 aliphatic rings. The highest BCUT2D eigenvalue weighted by atomic mass is 79.9. The van der Waals surface area contributed by atoms with Gasteiger partial charge < -0.3 is 4.42 Å². The van der Waals surface area contributed by atoms with Crippen LogP contribution in [0.3, 0.4) is 0 Å². The van der Waals surface area contributed by atoms with Crippen molar-refractivity contribution in [2.45, 2.75) is 0 Å². The molecule has 2 aromatic rings. The summed E-state index contributed by atoms with van der Waals surface area (Å²) >= 11 is 2.95. The fourth-order valence-corrected chi connectivity index (χ4v) is 1.78. The summed E-state index contributed by atoms with van der Waals surface area (Å²) in [5.74, 6) is -3.88. The van der Waals surface area contributed by atoms with Crippen LogP contribution in [0.1, 0.15) is 0 Å². The van der Waals surface area contributed by atoms with Crippen LogP contribution in [0, 0.1) is 17.5 Å². The van der Waals surface area contributed by atoms with Crippen molar-refractivity contribution >= 4 is 15.9 Å². The first-order chi connectivity index (χ1) is 7.11. The van der Waals surface area contributed by atoms with E-state index in [4.69, 9.17) is 4.42 Å². The molecule has 2 rings (SSSR count). The van der Waals surface area contributed by atoms with Gasteiger partial charge in [0, 0.05) is 4.47 Å². The second-order valence-corrected chi connectivity index (χ2v) is 3.67. The molecule has 0 atom stereocenters. The van der Waals surface area contributed by atoms with E-state index in [1.54, 1.807) is 0 Å². The van der Waals surface area contributed by atoms with Crippen LogP contribution in [0.25, 0.3) is 11.3 Å². The van der Waals surface area contributed by atoms with Crippen LogP contribution in [-0.4, -0.2) is 0 Å². The second-order valence-electron chi connectivity index (χ2n) is 2.82. The molecule has 1 nitrogen and oxygen atoms in total. The maximum absolute atomic E-state index is 13.4. The summed E-state index contributed by atoms with van der Waals surface area (Å²) in [7, 11) is 0. The lowest BCUT2D eigenvalue weighted by Crippen LogP contribution is -1.94. The van der Waals surface area contributed by atoms with Gasteiger partial charge in [-0.2, -0.15) is 0 Å². The fraction of sp³-hybridized carbons (Fsp3) is 0. The second kappa shape index (κ2) is 3.73. The highest BCUT2D eigenvalue weighted by Gasteiger charge is 2.20. The van der Waals surface area contributed by atoms with Gasteiger partial charge in [-0.15, -0.1) is 0 Å². The molecule has 15 heavy (non-hydrogen) atoms. The molecule has 0 aliphatic heterocycles. The number of rotatable bonds is 1. The van der Waals surface area contributed by atoms with Gasteiger partial charge in [-0.05, 0) is 34.1 Å². The van der Waals surface area contributed by atoms with E-state index in [1.807, 2.05) is 0 Å². The molecule has 0 saturated heterocycles. The van der Waals surface area contributed by atoms with Crippen molar-refractivity contribution in [2.24, 2.45) is 0 Å². The number of hydrogen-bond donors (Lipinski definition) is 0. The number of furan rings is 1. The van der Waals surface area contributed by atoms with Crippen molar-refractivity contribution < 1.29 is 17.6 Å². The molecule has 5 heteroatoms. The van der Waals surface area contributed by atoms with E-state index in [1.165, 1.54) is 18.4 Å². The molecule has 0 unspecified atom stereocenters. The summed E-state index contributed by atoms with van der Waals surface area (Å²) in [6.07, 6.45) is 1.32. The van der Waals surface area contributed by atoms with Crippen LogP contribution in [-0.2, 0) is 0 Å². The summed E-state index contributed by atoms with van der Waals surface area (Å²) in [6.45, 7) is 0. The third-order valence-corrected chi connectivity index (χ3v) is 2.51. The van der Waals surface area contributed by atoms with Crippen LogP contribution in [0.5, 0.6) is 0 Å². The predicted molar refractivity (Wildman–Crippen MR) is 51.7 cm³/mol. The van der Waals surface area contributed by atoms with E-state index in [-0.39, 0.29) is 15.8 Å². The van der Waals surface area contributed by atoms with Gasteiger partial charge in [0.2, 0.25) is 0 Å². The Morgan fingerprint density at radius 2 is 1.87 bits per heavy atom. The van der Waals surface area contributed by atoms with Gasteiger partial charge in [0.25, 0.3) is 0 Å². The molecule has 0 spiro atoms. The van der Waals surface area contributed by atoms with E-state index >= 15 is 0 Å². The maximum atomic E-state index is 13.4. The monoisotopic (exact) mass is 276 g/mol. The van der Waals surface area contributed by atoms with Gasteiger partial charge >= 0.3 is 0 Å². The summed E-state index contributed by atoms with van der Waals surface area (Å²) < 4.78 is 44.1. The maximum Gasteiger partial charge on any atom is 0.195 e. The van der Waals surface area contributed by atoms with E-state index in [2.05, 4.69) is 15.9 Å². The van der Waals surface area contributed by atoms with Crippen molar-refractivity contribution in [1.82, 2.24) is 0 Å². The van der Waals surface area contributed by atoms with Crippen LogP contribution in [0.2, 0.25) is 0 Å². The molecule has 0 radical (unpaired) electrons. The molecule has 0 bridgehead atoms. The highest BCUT2D eigenvalue weighted by Crippen LogP contribution is 2.33. The van der Waals surface area contributed by atoms with E-state index in [0.717, 1.165) is 6.07 Å². The van der Waals surface area contributed by atoms with Crippen LogP contribution in [0.15, 0.2) is 33.4 Å². The summed E-state index contributed by atoms with van der Waals surface area (Å²) in [5.41, 5.74) is -0.126. The first-order valence-corrected chi connectivity index (χ1v) is 4.77. The third-order valence-electron chi connectivity index (χ3n) is 1.88. The van der Waals surface area contributed by atoms with Gasteiger partial charge in [-0.3, -0.25) is 0 Å². The minimum atomic E-state index is -1.51. The fourth-order valence-electron chi connectivity index (χ4n) is 1.21. The van der Waals surface area contributed by atoms with Crippen LogP contribution >= 0.6 is 15.9 Å². The quantitative estimate of drug-likeness (QED) is 0.564. The zero-order valence-electron chi connectivity index (χ0n) is 7.23. The predicted octanol–water partition coefficient (Wildman–Crippen LogP) is 4.13. The van der Waals surface area contributed by atoms with E-state index in [0.29, 0.717) is 0 Å². The molecule has 0 aliphatic carbocycles. The lowest BCUT2D eigenvalue weighted by atomic mass is 10.1. The molecule has 0 N–H and O–H groups in total. The smallest absolute Gasteiger partial charge is 0.195 e. The molecule has 0 amide bonds. The Bertz CT molecular complexity index is 494. The SMILES string of the molecule is Fc1cc(Br)c(-c2ccco2)c(F)c1F. The minimum absolute atomic E-state index is 0.105. The standard InChI is InChI=1S/C10H4BrF3O/c11-5-4-6(12)9(13)10(14)8(5)7-2-1-3-15-7/h1-4H. The van der Waals surface area contributed by atoms with Crippen molar-refractivity contribution in [3.8, 4) is 11.3 Å². The molecule has 1 aromatic carbocycles. The molecular formula is C10H4BrF3O. The lowest BCUT2D eigenvalue weighted by Gasteiger charge is -2.04. The Hall–Kier alpha value is -1.23. The van der Waals surface area contributed by atoms with Gasteiger partial charge in [0.05, 0.1) is 11.8 Å². The zero-order chi connectivity index (χ0) is 11.0. The lowest BCUT2D eigenvalue weighted by molar-refractivity contribution is 0.445. The summed E-state index contributed by atoms with van der Waals surface area (Å²) in [5, 5.41) is 0. The molecule has 0 fully saturated rings. The normalized spacial score (nSPS) is 10.7. The van der Waals surface area contributed by atoms with Crippen LogP contribution in [0.4, 0.5) is 13.2 Å². The number of hydrogen-bond acceptors (Lipinski definition) is 1. The Labute approximate surface area is 91.6 Å². The van der Waals surface area contributed by atoms with Gasteiger partial charge in [-0.25, -0.2) is 13.2 Å². The number of halogens is 4. The molecule has 78 valence electrons. The van der Waals surface area contributed by atoms with Crippen molar-refractivity contribution in [3.63, 3.8) is 0 Å². The van der Waals surface area contributed by atoms with E-state index in [9.17, 15) is 13.2 Å². The Balaban J connectivity index is 2.72. The summed E-state index contributed by atoms with van der Waals surface area (Å²) in [6, 6.07) is 3.85. The minimum Gasteiger partial charge on any atom is -0.464 e. The molecule has 1 aromatic heterocycles. The number of benzene rings is 1. The summed E-state index contributed by atoms with van der Waals surface area (Å²) in [4.78, 5) is 0. The Morgan fingerprint density at radius 1 is 1.13 bits per heavy atom. The third kappa shape index (κ3) is 1.67. The largest absolute Gasteiger partial charge is 0.464 e. The van der Waals surface area contributed by atoms with Crippen molar-refractivity contribution in [1.29, 1.82) is 0 Å². The van der Waals surface area contributed by atoms with E-state index < -0.39 is 17.5 Å². The van der Waals surface area contributed by atoms with Crippen LogP contribution < -0.4 is 0 Å². The van der Waals surface area contributed by atoms with Gasteiger partial charge in [0.15, 0.2) is 17.5 Å². The molecule has 0 saturated carbocycles. The average Bonchev–Trinajstić information content (AvgIpc) is 2.68. The topological polar surface area (TPSA) is 13.1 Å². The molecular weight excluding hydrogens is 273 g/mol. The Kier molecular flexibility index (Phi) is 2.56. The van der Waals surface area contributed by atoms with Crippen molar-refractivity contribution in [3.05, 3.63) is 46.4 Å². The zero-order valence-corrected chi connectivity index (χ0v) is 8.82. The highest BCUT2D eigenvalue weighted by molar-refractivity contribution is 9.10. The van der Waals surface area contributed by atoms with Gasteiger partial charge in [0.1, 0.15) is 5.76 Å². The average molecular weight is 277 g/mol.